The van der Waals surface area contributed by atoms with E-state index in [4.69, 9.17) is 5.26 Å². The molecule has 26 heavy (non-hydrogen) atoms. The minimum Gasteiger partial charge on any atom is -0.426 e. The predicted octanol–water partition coefficient (Wildman–Crippen LogP) is 0.692. The maximum absolute atomic E-state index is 12.3. The summed E-state index contributed by atoms with van der Waals surface area (Å²) in [6.07, 6.45) is 10.0. The summed E-state index contributed by atoms with van der Waals surface area (Å²) in [5.74, 6) is -1.17. The molecule has 1 fully saturated rings. The van der Waals surface area contributed by atoms with Gasteiger partial charge in [0.15, 0.2) is 0 Å². The Kier molecular flexibility index (Phi) is 7.88. The summed E-state index contributed by atoms with van der Waals surface area (Å²) in [7, 11) is -1.63. The molecule has 0 spiro atoms. The number of carbonyl (C=O) groups is 2. The molecule has 0 aromatic carbocycles. The fourth-order valence-corrected chi connectivity index (χ4v) is 3.47. The highest BCUT2D eigenvalue weighted by Crippen LogP contribution is 2.21. The van der Waals surface area contributed by atoms with E-state index in [-0.39, 0.29) is 30.6 Å². The van der Waals surface area contributed by atoms with Gasteiger partial charge in [-0.1, -0.05) is 23.8 Å². The van der Waals surface area contributed by atoms with Crippen LogP contribution in [0.2, 0.25) is 0 Å². The van der Waals surface area contributed by atoms with Gasteiger partial charge in [0.05, 0.1) is 12.0 Å². The molecular weight excluding hydrogens is 333 g/mol. The SMILES string of the molecule is N#CCC(=O)N1CCCC(CC(=O)NC(CC2=CCCC=C2)B(O)O)C1. The molecule has 2 amide bonds. The number of hydrogen-bond acceptors (Lipinski definition) is 5. The largest absolute Gasteiger partial charge is 0.475 e. The minimum atomic E-state index is -1.63. The lowest BCUT2D eigenvalue weighted by atomic mass is 9.75. The van der Waals surface area contributed by atoms with E-state index in [0.717, 1.165) is 31.3 Å². The first-order valence-corrected chi connectivity index (χ1v) is 9.15. The van der Waals surface area contributed by atoms with Gasteiger partial charge < -0.3 is 20.3 Å². The van der Waals surface area contributed by atoms with Gasteiger partial charge in [-0.2, -0.15) is 5.26 Å². The highest BCUT2D eigenvalue weighted by atomic mass is 16.4. The van der Waals surface area contributed by atoms with Gasteiger partial charge in [0, 0.05) is 19.5 Å². The lowest BCUT2D eigenvalue weighted by Gasteiger charge is -2.32. The van der Waals surface area contributed by atoms with Crippen LogP contribution >= 0.6 is 0 Å². The normalized spacial score (nSPS) is 20.7. The molecule has 0 aromatic rings. The standard InChI is InChI=1S/C18H26BN3O4/c20-9-8-18(24)22-10-4-7-15(13-22)12-17(23)21-16(19(25)26)11-14-5-2-1-3-6-14/h2,5-6,15-16,25-26H,1,3-4,7-8,10-13H2,(H,21,23). The first-order chi connectivity index (χ1) is 12.5. The third-order valence-corrected chi connectivity index (χ3v) is 4.81. The number of piperidine rings is 1. The summed E-state index contributed by atoms with van der Waals surface area (Å²) >= 11 is 0. The van der Waals surface area contributed by atoms with Gasteiger partial charge in [0.25, 0.3) is 0 Å². The molecule has 0 saturated carbocycles. The molecule has 1 heterocycles. The topological polar surface area (TPSA) is 114 Å². The number of carbonyl (C=O) groups excluding carboxylic acids is 2. The van der Waals surface area contributed by atoms with Gasteiger partial charge in [-0.25, -0.2) is 0 Å². The average molecular weight is 359 g/mol. The Morgan fingerprint density at radius 1 is 1.42 bits per heavy atom. The zero-order chi connectivity index (χ0) is 18.9. The number of likely N-dealkylation sites (tertiary alicyclic amines) is 1. The Bertz CT molecular complexity index is 612. The van der Waals surface area contributed by atoms with Crippen molar-refractivity contribution in [3.63, 3.8) is 0 Å². The second kappa shape index (κ2) is 10.1. The Morgan fingerprint density at radius 3 is 2.88 bits per heavy atom. The molecule has 1 aliphatic carbocycles. The zero-order valence-corrected chi connectivity index (χ0v) is 14.9. The molecule has 2 atom stereocenters. The van der Waals surface area contributed by atoms with Crippen LogP contribution in [-0.4, -0.2) is 52.9 Å². The summed E-state index contributed by atoms with van der Waals surface area (Å²) < 4.78 is 0. The van der Waals surface area contributed by atoms with Crippen LogP contribution in [0.15, 0.2) is 23.8 Å². The molecule has 2 aliphatic rings. The van der Waals surface area contributed by atoms with E-state index in [1.165, 1.54) is 0 Å². The molecule has 0 bridgehead atoms. The van der Waals surface area contributed by atoms with Crippen LogP contribution in [0.4, 0.5) is 0 Å². The minimum absolute atomic E-state index is 0.0247. The summed E-state index contributed by atoms with van der Waals surface area (Å²) in [6, 6.07) is 1.86. The van der Waals surface area contributed by atoms with Crippen LogP contribution in [0.3, 0.4) is 0 Å². The fraction of sp³-hybridized carbons (Fsp3) is 0.611. The van der Waals surface area contributed by atoms with Crippen LogP contribution in [0.25, 0.3) is 0 Å². The van der Waals surface area contributed by atoms with Crippen LogP contribution in [0.1, 0.15) is 44.9 Å². The first-order valence-electron chi connectivity index (χ1n) is 9.15. The smallest absolute Gasteiger partial charge is 0.426 e. The van der Waals surface area contributed by atoms with Crippen molar-refractivity contribution in [3.8, 4) is 6.07 Å². The molecule has 0 aromatic heterocycles. The Balaban J connectivity index is 1.85. The van der Waals surface area contributed by atoms with E-state index in [0.29, 0.717) is 19.5 Å². The van der Waals surface area contributed by atoms with Crippen molar-refractivity contribution in [1.29, 1.82) is 5.26 Å². The molecule has 140 valence electrons. The van der Waals surface area contributed by atoms with Gasteiger partial charge in [-0.15, -0.1) is 0 Å². The van der Waals surface area contributed by atoms with Gasteiger partial charge in [-0.3, -0.25) is 9.59 Å². The average Bonchev–Trinajstić information content (AvgIpc) is 2.62. The molecule has 1 saturated heterocycles. The number of nitrogens with zero attached hydrogens (tertiary/aromatic N) is 2. The highest BCUT2D eigenvalue weighted by Gasteiger charge is 2.29. The number of hydrogen-bond donors (Lipinski definition) is 3. The summed E-state index contributed by atoms with van der Waals surface area (Å²) in [5.41, 5.74) is 0.987. The van der Waals surface area contributed by atoms with E-state index in [1.807, 2.05) is 24.3 Å². The monoisotopic (exact) mass is 359 g/mol. The predicted molar refractivity (Wildman–Crippen MR) is 97.3 cm³/mol. The Labute approximate surface area is 154 Å². The van der Waals surface area contributed by atoms with Gasteiger partial charge in [0.2, 0.25) is 11.8 Å². The van der Waals surface area contributed by atoms with E-state index in [2.05, 4.69) is 5.32 Å². The van der Waals surface area contributed by atoms with Crippen molar-refractivity contribution < 1.29 is 19.6 Å². The second-order valence-corrected chi connectivity index (χ2v) is 6.94. The summed E-state index contributed by atoms with van der Waals surface area (Å²) in [5, 5.41) is 30.5. The van der Waals surface area contributed by atoms with E-state index in [9.17, 15) is 19.6 Å². The zero-order valence-electron chi connectivity index (χ0n) is 14.9. The van der Waals surface area contributed by atoms with Crippen molar-refractivity contribution in [2.75, 3.05) is 13.1 Å². The van der Waals surface area contributed by atoms with Crippen molar-refractivity contribution in [3.05, 3.63) is 23.8 Å². The van der Waals surface area contributed by atoms with E-state index in [1.54, 1.807) is 4.90 Å². The van der Waals surface area contributed by atoms with Crippen LogP contribution < -0.4 is 5.32 Å². The van der Waals surface area contributed by atoms with Gasteiger partial charge in [-0.05, 0) is 38.0 Å². The van der Waals surface area contributed by atoms with Crippen molar-refractivity contribution in [2.45, 2.75) is 50.9 Å². The maximum atomic E-state index is 12.3. The number of allylic oxidation sites excluding steroid dienone is 3. The van der Waals surface area contributed by atoms with E-state index < -0.39 is 13.1 Å². The molecule has 1 aliphatic heterocycles. The quantitative estimate of drug-likeness (QED) is 0.579. The van der Waals surface area contributed by atoms with Crippen LogP contribution in [-0.2, 0) is 9.59 Å². The lowest BCUT2D eigenvalue weighted by Crippen LogP contribution is -2.48. The molecule has 8 heteroatoms. The highest BCUT2D eigenvalue weighted by molar-refractivity contribution is 6.43. The van der Waals surface area contributed by atoms with E-state index >= 15 is 0 Å². The fourth-order valence-electron chi connectivity index (χ4n) is 3.47. The number of nitrogens with one attached hydrogen (secondary N) is 1. The van der Waals surface area contributed by atoms with Crippen molar-refractivity contribution >= 4 is 18.9 Å². The first kappa shape index (κ1) is 20.2. The van der Waals surface area contributed by atoms with Crippen molar-refractivity contribution in [1.82, 2.24) is 10.2 Å². The van der Waals surface area contributed by atoms with Gasteiger partial charge >= 0.3 is 7.12 Å². The molecule has 2 rings (SSSR count). The van der Waals surface area contributed by atoms with Gasteiger partial charge in [0.1, 0.15) is 6.42 Å². The van der Waals surface area contributed by atoms with Crippen LogP contribution in [0.5, 0.6) is 0 Å². The molecular formula is C18H26BN3O4. The maximum Gasteiger partial charge on any atom is 0.475 e. The third-order valence-electron chi connectivity index (χ3n) is 4.81. The molecule has 2 unspecified atom stereocenters. The van der Waals surface area contributed by atoms with Crippen LogP contribution in [0, 0.1) is 17.2 Å². The Hall–Kier alpha value is -2.11. The summed E-state index contributed by atoms with van der Waals surface area (Å²) in [6.45, 7) is 1.09. The molecule has 7 nitrogen and oxygen atoms in total. The second-order valence-electron chi connectivity index (χ2n) is 6.94. The third kappa shape index (κ3) is 6.32. The summed E-state index contributed by atoms with van der Waals surface area (Å²) in [4.78, 5) is 25.8. The molecule has 3 N–H and O–H groups in total. The van der Waals surface area contributed by atoms with Crippen molar-refractivity contribution in [2.24, 2.45) is 5.92 Å². The number of rotatable bonds is 7. The lowest BCUT2D eigenvalue weighted by molar-refractivity contribution is -0.133. The molecule has 0 radical (unpaired) electrons. The number of nitriles is 1. The Morgan fingerprint density at radius 2 is 2.23 bits per heavy atom. The number of amides is 2.